The number of nitrogens with zero attached hydrogens (tertiary/aromatic N) is 3. The van der Waals surface area contributed by atoms with Crippen molar-refractivity contribution in [1.29, 1.82) is 0 Å². The zero-order valence-electron chi connectivity index (χ0n) is 10.7. The molecule has 0 spiro atoms. The second kappa shape index (κ2) is 6.99. The van der Waals surface area contributed by atoms with Crippen molar-refractivity contribution in [3.63, 3.8) is 0 Å². The maximum absolute atomic E-state index is 4.35. The largest absolute Gasteiger partial charge is 0.337 e. The first kappa shape index (κ1) is 14.5. The van der Waals surface area contributed by atoms with Gasteiger partial charge in [0.05, 0.1) is 6.54 Å². The van der Waals surface area contributed by atoms with Gasteiger partial charge in [-0.25, -0.2) is 4.98 Å². The summed E-state index contributed by atoms with van der Waals surface area (Å²) >= 11 is 0. The minimum atomic E-state index is 0. The fourth-order valence-corrected chi connectivity index (χ4v) is 2.38. The molecular weight excluding hydrogens is 236 g/mol. The molecule has 0 aromatic carbocycles. The summed E-state index contributed by atoms with van der Waals surface area (Å²) in [6.07, 6.45) is 6.55. The van der Waals surface area contributed by atoms with Gasteiger partial charge in [0.2, 0.25) is 0 Å². The van der Waals surface area contributed by atoms with E-state index in [0.717, 1.165) is 18.3 Å². The van der Waals surface area contributed by atoms with Crippen molar-refractivity contribution in [2.45, 2.75) is 19.4 Å². The van der Waals surface area contributed by atoms with Crippen molar-refractivity contribution >= 4 is 12.4 Å². The molecule has 0 bridgehead atoms. The number of aryl methyl sites for hydroxylation is 1. The lowest BCUT2D eigenvalue weighted by Crippen LogP contribution is -2.36. The van der Waals surface area contributed by atoms with Gasteiger partial charge < -0.3 is 9.88 Å². The van der Waals surface area contributed by atoms with Crippen molar-refractivity contribution in [2.75, 3.05) is 26.7 Å². The number of imidazole rings is 1. The maximum Gasteiger partial charge on any atom is 0.122 e. The zero-order valence-corrected chi connectivity index (χ0v) is 11.5. The first-order valence-corrected chi connectivity index (χ1v) is 6.11. The molecule has 98 valence electrons. The molecular formula is C12H23ClN4. The van der Waals surface area contributed by atoms with Crippen LogP contribution in [0.3, 0.4) is 0 Å². The van der Waals surface area contributed by atoms with E-state index in [1.807, 2.05) is 12.4 Å². The van der Waals surface area contributed by atoms with Crippen LogP contribution in [0.1, 0.15) is 18.7 Å². The molecule has 2 heterocycles. The Kier molecular flexibility index (Phi) is 5.95. The number of halogens is 1. The van der Waals surface area contributed by atoms with Gasteiger partial charge in [0, 0.05) is 26.0 Å². The van der Waals surface area contributed by atoms with Gasteiger partial charge in [-0.2, -0.15) is 0 Å². The summed E-state index contributed by atoms with van der Waals surface area (Å²) in [5.41, 5.74) is 0. The molecule has 1 aromatic rings. The Bertz CT molecular complexity index is 320. The number of aromatic nitrogens is 2. The van der Waals surface area contributed by atoms with Crippen LogP contribution in [0.25, 0.3) is 0 Å². The maximum atomic E-state index is 4.35. The standard InChI is InChI=1S/C12H22N4.ClH/c1-15(9-11-4-3-5-13-8-11)10-12-14-6-7-16(12)2;/h6-7,11,13H,3-5,8-10H2,1-2H3;1H. The third kappa shape index (κ3) is 4.30. The van der Waals surface area contributed by atoms with Gasteiger partial charge in [0.25, 0.3) is 0 Å². The van der Waals surface area contributed by atoms with E-state index in [0.29, 0.717) is 0 Å². The molecule has 1 aromatic heterocycles. The first-order chi connectivity index (χ1) is 7.75. The highest BCUT2D eigenvalue weighted by atomic mass is 35.5. The fraction of sp³-hybridized carbons (Fsp3) is 0.750. The van der Waals surface area contributed by atoms with Gasteiger partial charge in [-0.05, 0) is 38.9 Å². The molecule has 0 aliphatic carbocycles. The molecule has 17 heavy (non-hydrogen) atoms. The first-order valence-electron chi connectivity index (χ1n) is 6.11. The Labute approximate surface area is 110 Å². The predicted octanol–water partition coefficient (Wildman–Crippen LogP) is 1.27. The lowest BCUT2D eigenvalue weighted by molar-refractivity contribution is 0.232. The molecule has 1 saturated heterocycles. The van der Waals surface area contributed by atoms with Gasteiger partial charge in [-0.15, -0.1) is 12.4 Å². The van der Waals surface area contributed by atoms with Crippen molar-refractivity contribution in [1.82, 2.24) is 19.8 Å². The smallest absolute Gasteiger partial charge is 0.122 e. The summed E-state index contributed by atoms with van der Waals surface area (Å²) in [7, 11) is 4.24. The number of piperidine rings is 1. The van der Waals surface area contributed by atoms with E-state index in [1.165, 1.54) is 32.5 Å². The molecule has 1 atom stereocenters. The van der Waals surface area contributed by atoms with E-state index >= 15 is 0 Å². The molecule has 2 rings (SSSR count). The van der Waals surface area contributed by atoms with Crippen LogP contribution in [-0.4, -0.2) is 41.1 Å². The second-order valence-electron chi connectivity index (χ2n) is 4.86. The van der Waals surface area contributed by atoms with Gasteiger partial charge in [-0.1, -0.05) is 0 Å². The van der Waals surface area contributed by atoms with Gasteiger partial charge in [0.15, 0.2) is 0 Å². The van der Waals surface area contributed by atoms with Gasteiger partial charge in [-0.3, -0.25) is 4.90 Å². The normalized spacial score (nSPS) is 20.3. The van der Waals surface area contributed by atoms with Crippen molar-refractivity contribution in [2.24, 2.45) is 13.0 Å². The molecule has 0 saturated carbocycles. The molecule has 5 heteroatoms. The number of nitrogens with one attached hydrogen (secondary N) is 1. The van der Waals surface area contributed by atoms with Crippen LogP contribution in [0.4, 0.5) is 0 Å². The van der Waals surface area contributed by atoms with Crippen LogP contribution in [0, 0.1) is 5.92 Å². The van der Waals surface area contributed by atoms with Crippen LogP contribution < -0.4 is 5.32 Å². The number of rotatable bonds is 4. The zero-order chi connectivity index (χ0) is 11.4. The number of hydrogen-bond donors (Lipinski definition) is 1. The molecule has 1 unspecified atom stereocenters. The Hall–Kier alpha value is -0.580. The molecule has 1 aliphatic rings. The van der Waals surface area contributed by atoms with E-state index in [-0.39, 0.29) is 12.4 Å². The van der Waals surface area contributed by atoms with Gasteiger partial charge in [0.1, 0.15) is 5.82 Å². The Morgan fingerprint density at radius 3 is 3.00 bits per heavy atom. The highest BCUT2D eigenvalue weighted by molar-refractivity contribution is 5.85. The van der Waals surface area contributed by atoms with Crippen LogP contribution in [0.5, 0.6) is 0 Å². The number of hydrogen-bond acceptors (Lipinski definition) is 3. The summed E-state index contributed by atoms with van der Waals surface area (Å²) in [5, 5.41) is 3.46. The molecule has 0 radical (unpaired) electrons. The lowest BCUT2D eigenvalue weighted by atomic mass is 9.99. The third-order valence-corrected chi connectivity index (χ3v) is 3.30. The third-order valence-electron chi connectivity index (χ3n) is 3.30. The molecule has 1 fully saturated rings. The SMILES string of the molecule is CN(Cc1nccn1C)CC1CCCNC1.Cl. The monoisotopic (exact) mass is 258 g/mol. The average molecular weight is 259 g/mol. The molecule has 0 amide bonds. The fourth-order valence-electron chi connectivity index (χ4n) is 2.38. The quantitative estimate of drug-likeness (QED) is 0.883. The summed E-state index contributed by atoms with van der Waals surface area (Å²) in [4.78, 5) is 6.73. The van der Waals surface area contributed by atoms with Crippen molar-refractivity contribution < 1.29 is 0 Å². The lowest BCUT2D eigenvalue weighted by Gasteiger charge is -2.27. The summed E-state index contributed by atoms with van der Waals surface area (Å²) in [6.45, 7) is 4.48. The minimum Gasteiger partial charge on any atom is -0.337 e. The molecule has 1 N–H and O–H groups in total. The van der Waals surface area contributed by atoms with Gasteiger partial charge >= 0.3 is 0 Å². The van der Waals surface area contributed by atoms with Crippen LogP contribution in [0.15, 0.2) is 12.4 Å². The van der Waals surface area contributed by atoms with E-state index in [9.17, 15) is 0 Å². The highest BCUT2D eigenvalue weighted by Gasteiger charge is 2.15. The Balaban J connectivity index is 0.00000144. The Morgan fingerprint density at radius 2 is 2.41 bits per heavy atom. The topological polar surface area (TPSA) is 33.1 Å². The van der Waals surface area contributed by atoms with Crippen molar-refractivity contribution in [3.05, 3.63) is 18.2 Å². The van der Waals surface area contributed by atoms with E-state index < -0.39 is 0 Å². The van der Waals surface area contributed by atoms with E-state index in [1.54, 1.807) is 0 Å². The summed E-state index contributed by atoms with van der Waals surface area (Å²) in [6, 6.07) is 0. The van der Waals surface area contributed by atoms with E-state index in [2.05, 4.69) is 33.9 Å². The summed E-state index contributed by atoms with van der Waals surface area (Å²) in [5.74, 6) is 1.95. The molecule has 4 nitrogen and oxygen atoms in total. The van der Waals surface area contributed by atoms with Crippen molar-refractivity contribution in [3.8, 4) is 0 Å². The molecule has 1 aliphatic heterocycles. The minimum absolute atomic E-state index is 0. The predicted molar refractivity (Wildman–Crippen MR) is 72.4 cm³/mol. The highest BCUT2D eigenvalue weighted by Crippen LogP contribution is 2.12. The Morgan fingerprint density at radius 1 is 1.59 bits per heavy atom. The second-order valence-corrected chi connectivity index (χ2v) is 4.86. The van der Waals surface area contributed by atoms with Crippen LogP contribution >= 0.6 is 12.4 Å². The van der Waals surface area contributed by atoms with E-state index in [4.69, 9.17) is 0 Å². The average Bonchev–Trinajstić information content (AvgIpc) is 2.66. The van der Waals surface area contributed by atoms with Crippen LogP contribution in [-0.2, 0) is 13.6 Å². The van der Waals surface area contributed by atoms with Crippen LogP contribution in [0.2, 0.25) is 0 Å². The summed E-state index contributed by atoms with van der Waals surface area (Å²) < 4.78 is 2.09.